The lowest BCUT2D eigenvalue weighted by molar-refractivity contribution is 0.0679. The highest BCUT2D eigenvalue weighted by Crippen LogP contribution is 1.87. The molecular weight excluding hydrogens is 154 g/mol. The van der Waals surface area contributed by atoms with Gasteiger partial charge >= 0.3 is 0 Å². The fourth-order valence-corrected chi connectivity index (χ4v) is 0.806. The molecule has 74 valence electrons. The Bertz CT molecular complexity index is 78.6. The molecule has 12 heavy (non-hydrogen) atoms. The minimum atomic E-state index is 0.0306. The maximum absolute atomic E-state index is 5.71. The Morgan fingerprint density at radius 2 is 1.42 bits per heavy atom. The lowest BCUT2D eigenvalue weighted by Crippen LogP contribution is -2.31. The van der Waals surface area contributed by atoms with E-state index in [4.69, 9.17) is 15.2 Å². The van der Waals surface area contributed by atoms with Gasteiger partial charge in [0.1, 0.15) is 0 Å². The molecule has 0 aliphatic rings. The van der Waals surface area contributed by atoms with E-state index in [-0.39, 0.29) is 6.04 Å². The summed E-state index contributed by atoms with van der Waals surface area (Å²) in [5.74, 6) is 0. The van der Waals surface area contributed by atoms with Crippen molar-refractivity contribution in [1.29, 1.82) is 0 Å². The van der Waals surface area contributed by atoms with Crippen LogP contribution in [-0.4, -0.2) is 32.5 Å². The second kappa shape index (κ2) is 8.97. The van der Waals surface area contributed by atoms with Gasteiger partial charge in [0, 0.05) is 13.2 Å². The molecule has 0 aromatic carbocycles. The number of rotatable bonds is 8. The van der Waals surface area contributed by atoms with E-state index in [1.807, 2.05) is 0 Å². The highest BCUT2D eigenvalue weighted by atomic mass is 16.5. The maximum Gasteiger partial charge on any atom is 0.0640 e. The Labute approximate surface area is 75.2 Å². The molecule has 0 saturated carbocycles. The van der Waals surface area contributed by atoms with E-state index < -0.39 is 0 Å². The van der Waals surface area contributed by atoms with Gasteiger partial charge in [0.05, 0.1) is 19.3 Å². The predicted molar refractivity (Wildman–Crippen MR) is 50.2 cm³/mol. The number of nitrogens with two attached hydrogens (primary N) is 1. The van der Waals surface area contributed by atoms with Crippen molar-refractivity contribution in [2.24, 2.45) is 5.73 Å². The molecule has 0 aromatic rings. The lowest BCUT2D eigenvalue weighted by Gasteiger charge is -2.11. The highest BCUT2D eigenvalue weighted by molar-refractivity contribution is 4.57. The van der Waals surface area contributed by atoms with Crippen LogP contribution in [0.25, 0.3) is 0 Å². The van der Waals surface area contributed by atoms with Gasteiger partial charge in [0.2, 0.25) is 0 Å². The van der Waals surface area contributed by atoms with E-state index in [1.165, 1.54) is 0 Å². The van der Waals surface area contributed by atoms with Gasteiger partial charge in [-0.1, -0.05) is 13.8 Å². The van der Waals surface area contributed by atoms with Crippen molar-refractivity contribution < 1.29 is 9.47 Å². The molecule has 3 nitrogen and oxygen atoms in total. The first-order valence-electron chi connectivity index (χ1n) is 4.72. The van der Waals surface area contributed by atoms with Crippen LogP contribution in [0, 0.1) is 0 Å². The minimum Gasteiger partial charge on any atom is -0.380 e. The zero-order chi connectivity index (χ0) is 9.23. The summed E-state index contributed by atoms with van der Waals surface area (Å²) in [6.45, 7) is 6.97. The van der Waals surface area contributed by atoms with Crippen molar-refractivity contribution in [2.45, 2.75) is 32.7 Å². The van der Waals surface area contributed by atoms with Crippen molar-refractivity contribution in [3.8, 4) is 0 Å². The molecule has 0 aromatic heterocycles. The highest BCUT2D eigenvalue weighted by Gasteiger charge is 2.01. The predicted octanol–water partition coefficient (Wildman–Crippen LogP) is 1.17. The topological polar surface area (TPSA) is 44.5 Å². The summed E-state index contributed by atoms with van der Waals surface area (Å²) in [5, 5.41) is 0. The average Bonchev–Trinajstić information content (AvgIpc) is 2.06. The lowest BCUT2D eigenvalue weighted by atomic mass is 10.3. The summed E-state index contributed by atoms with van der Waals surface area (Å²) < 4.78 is 10.5. The first kappa shape index (κ1) is 11.9. The standard InChI is InChI=1S/C9H21NO2/c1-3-5-11-7-9(10)8-12-6-4-2/h9H,3-8,10H2,1-2H3. The molecule has 3 heteroatoms. The van der Waals surface area contributed by atoms with Crippen molar-refractivity contribution >= 4 is 0 Å². The minimum absolute atomic E-state index is 0.0306. The van der Waals surface area contributed by atoms with Gasteiger partial charge in [-0.2, -0.15) is 0 Å². The molecule has 0 bridgehead atoms. The summed E-state index contributed by atoms with van der Waals surface area (Å²) in [7, 11) is 0. The fraction of sp³-hybridized carbons (Fsp3) is 1.00. The summed E-state index contributed by atoms with van der Waals surface area (Å²) in [4.78, 5) is 0. The third-order valence-electron chi connectivity index (χ3n) is 1.36. The molecule has 0 aliphatic heterocycles. The van der Waals surface area contributed by atoms with E-state index in [0.717, 1.165) is 26.1 Å². The summed E-state index contributed by atoms with van der Waals surface area (Å²) in [6.07, 6.45) is 2.09. The van der Waals surface area contributed by atoms with E-state index in [0.29, 0.717) is 13.2 Å². The van der Waals surface area contributed by atoms with Gasteiger partial charge in [0.25, 0.3) is 0 Å². The second-order valence-corrected chi connectivity index (χ2v) is 2.91. The van der Waals surface area contributed by atoms with E-state index in [1.54, 1.807) is 0 Å². The Morgan fingerprint density at radius 1 is 1.00 bits per heavy atom. The van der Waals surface area contributed by atoms with Crippen LogP contribution >= 0.6 is 0 Å². The van der Waals surface area contributed by atoms with Crippen LogP contribution in [-0.2, 0) is 9.47 Å². The quantitative estimate of drug-likeness (QED) is 0.563. The molecule has 0 amide bonds. The van der Waals surface area contributed by atoms with Crippen molar-refractivity contribution in [3.05, 3.63) is 0 Å². The second-order valence-electron chi connectivity index (χ2n) is 2.91. The van der Waals surface area contributed by atoms with E-state index >= 15 is 0 Å². The zero-order valence-corrected chi connectivity index (χ0v) is 8.21. The molecule has 0 aliphatic carbocycles. The summed E-state index contributed by atoms with van der Waals surface area (Å²) in [6, 6.07) is 0.0306. The van der Waals surface area contributed by atoms with Gasteiger partial charge in [0.15, 0.2) is 0 Å². The van der Waals surface area contributed by atoms with Gasteiger partial charge < -0.3 is 15.2 Å². The molecule has 0 spiro atoms. The Hall–Kier alpha value is -0.120. The van der Waals surface area contributed by atoms with E-state index in [9.17, 15) is 0 Å². The molecular formula is C9H21NO2. The Kier molecular flexibility index (Phi) is 8.88. The fourth-order valence-electron chi connectivity index (χ4n) is 0.806. The number of ether oxygens (including phenoxy) is 2. The Balaban J connectivity index is 3.04. The molecule has 0 atom stereocenters. The molecule has 0 fully saturated rings. The number of hydrogen-bond acceptors (Lipinski definition) is 3. The van der Waals surface area contributed by atoms with Crippen LogP contribution in [0.5, 0.6) is 0 Å². The maximum atomic E-state index is 5.71. The third-order valence-corrected chi connectivity index (χ3v) is 1.36. The van der Waals surface area contributed by atoms with Gasteiger partial charge in [-0.3, -0.25) is 0 Å². The molecule has 0 saturated heterocycles. The normalized spacial score (nSPS) is 11.0. The van der Waals surface area contributed by atoms with Gasteiger partial charge in [-0.15, -0.1) is 0 Å². The molecule has 0 heterocycles. The van der Waals surface area contributed by atoms with Crippen LogP contribution in [0.2, 0.25) is 0 Å². The van der Waals surface area contributed by atoms with Gasteiger partial charge in [-0.25, -0.2) is 0 Å². The molecule has 0 unspecified atom stereocenters. The zero-order valence-electron chi connectivity index (χ0n) is 8.21. The number of hydrogen-bond donors (Lipinski definition) is 1. The molecule has 2 N–H and O–H groups in total. The van der Waals surface area contributed by atoms with Crippen molar-refractivity contribution in [2.75, 3.05) is 26.4 Å². The monoisotopic (exact) mass is 175 g/mol. The smallest absolute Gasteiger partial charge is 0.0640 e. The molecule has 0 radical (unpaired) electrons. The van der Waals surface area contributed by atoms with Crippen LogP contribution in [0.1, 0.15) is 26.7 Å². The summed E-state index contributed by atoms with van der Waals surface area (Å²) >= 11 is 0. The van der Waals surface area contributed by atoms with Crippen LogP contribution in [0.4, 0.5) is 0 Å². The van der Waals surface area contributed by atoms with E-state index in [2.05, 4.69) is 13.8 Å². The van der Waals surface area contributed by atoms with Gasteiger partial charge in [-0.05, 0) is 12.8 Å². The van der Waals surface area contributed by atoms with Crippen molar-refractivity contribution in [1.82, 2.24) is 0 Å². The SMILES string of the molecule is CCCOCC(N)COCCC. The first-order chi connectivity index (χ1) is 5.81. The largest absolute Gasteiger partial charge is 0.380 e. The van der Waals surface area contributed by atoms with Crippen LogP contribution in [0.15, 0.2) is 0 Å². The van der Waals surface area contributed by atoms with Crippen LogP contribution in [0.3, 0.4) is 0 Å². The summed E-state index contributed by atoms with van der Waals surface area (Å²) in [5.41, 5.74) is 5.71. The average molecular weight is 175 g/mol. The van der Waals surface area contributed by atoms with Crippen LogP contribution < -0.4 is 5.73 Å². The first-order valence-corrected chi connectivity index (χ1v) is 4.72. The van der Waals surface area contributed by atoms with Crippen molar-refractivity contribution in [3.63, 3.8) is 0 Å². The Morgan fingerprint density at radius 3 is 1.75 bits per heavy atom. The molecule has 0 rings (SSSR count). The third kappa shape index (κ3) is 7.98.